The molecule has 2 heterocycles. The predicted molar refractivity (Wildman–Crippen MR) is 133 cm³/mol. The Morgan fingerprint density at radius 2 is 1.83 bits per heavy atom. The zero-order valence-corrected chi connectivity index (χ0v) is 20.5. The van der Waals surface area contributed by atoms with Crippen LogP contribution in [-0.4, -0.2) is 42.5 Å². The Kier molecular flexibility index (Phi) is 7.63. The van der Waals surface area contributed by atoms with E-state index >= 15 is 0 Å². The van der Waals surface area contributed by atoms with Crippen molar-refractivity contribution in [3.05, 3.63) is 83.3 Å². The van der Waals surface area contributed by atoms with E-state index in [0.717, 1.165) is 12.8 Å². The van der Waals surface area contributed by atoms with E-state index in [1.807, 2.05) is 0 Å². The second-order valence-corrected chi connectivity index (χ2v) is 8.35. The van der Waals surface area contributed by atoms with Crippen LogP contribution in [0.5, 0.6) is 17.2 Å². The quantitative estimate of drug-likeness (QED) is 0.182. The van der Waals surface area contributed by atoms with Crippen LogP contribution in [0.25, 0.3) is 5.76 Å². The minimum Gasteiger partial charge on any atom is -0.507 e. The van der Waals surface area contributed by atoms with Gasteiger partial charge in [-0.15, -0.1) is 0 Å². The standard InChI is InChI=1S/C28H29NO7/c1-4-5-13-35-20-9-6-8-19(15-20)26(30)24-25(18-11-12-22(33-2)23(16-18)34-3)29(28(32)27(24)31)17-21-10-7-14-36-21/h6-12,14-16,25,30H,4-5,13,17H2,1-3H3/b26-24+. The Bertz CT molecular complexity index is 1260. The maximum atomic E-state index is 13.3. The largest absolute Gasteiger partial charge is 0.507 e. The average molecular weight is 492 g/mol. The van der Waals surface area contributed by atoms with E-state index in [4.69, 9.17) is 18.6 Å². The Hall–Kier alpha value is -4.20. The minimum atomic E-state index is -0.875. The van der Waals surface area contributed by atoms with Gasteiger partial charge in [0, 0.05) is 5.56 Å². The molecule has 8 heteroatoms. The topological polar surface area (TPSA) is 98.4 Å². The first kappa shape index (κ1) is 24.9. The molecule has 1 amide bonds. The monoisotopic (exact) mass is 491 g/mol. The van der Waals surface area contributed by atoms with Crippen LogP contribution in [0.3, 0.4) is 0 Å². The summed E-state index contributed by atoms with van der Waals surface area (Å²) in [7, 11) is 3.03. The lowest BCUT2D eigenvalue weighted by Crippen LogP contribution is -2.29. The Morgan fingerprint density at radius 1 is 1.03 bits per heavy atom. The average Bonchev–Trinajstić information content (AvgIpc) is 3.50. The van der Waals surface area contributed by atoms with Gasteiger partial charge < -0.3 is 28.6 Å². The summed E-state index contributed by atoms with van der Waals surface area (Å²) in [5, 5.41) is 11.4. The first-order valence-electron chi connectivity index (χ1n) is 11.7. The van der Waals surface area contributed by atoms with Crippen molar-refractivity contribution in [3.8, 4) is 17.2 Å². The molecule has 3 aromatic rings. The molecule has 1 N–H and O–H groups in total. The lowest BCUT2D eigenvalue weighted by atomic mass is 9.95. The van der Waals surface area contributed by atoms with Gasteiger partial charge in [-0.1, -0.05) is 31.5 Å². The predicted octanol–water partition coefficient (Wildman–Crippen LogP) is 5.10. The summed E-state index contributed by atoms with van der Waals surface area (Å²) in [6.07, 6.45) is 3.39. The molecule has 188 valence electrons. The van der Waals surface area contributed by atoms with E-state index in [1.54, 1.807) is 54.6 Å². The molecule has 0 bridgehead atoms. The van der Waals surface area contributed by atoms with Crippen LogP contribution >= 0.6 is 0 Å². The highest BCUT2D eigenvalue weighted by atomic mass is 16.5. The Morgan fingerprint density at radius 3 is 2.53 bits per heavy atom. The van der Waals surface area contributed by atoms with Crippen molar-refractivity contribution in [2.45, 2.75) is 32.4 Å². The number of ketones is 1. The number of benzene rings is 2. The number of Topliss-reactive ketones (excluding diaryl/α,β-unsaturated/α-hetero) is 1. The molecule has 0 aliphatic carbocycles. The maximum absolute atomic E-state index is 13.3. The smallest absolute Gasteiger partial charge is 0.296 e. The number of carbonyl (C=O) groups excluding carboxylic acids is 2. The first-order valence-corrected chi connectivity index (χ1v) is 11.7. The van der Waals surface area contributed by atoms with Gasteiger partial charge in [-0.25, -0.2) is 0 Å². The van der Waals surface area contributed by atoms with Crippen LogP contribution in [0.4, 0.5) is 0 Å². The zero-order chi connectivity index (χ0) is 25.7. The molecule has 0 radical (unpaired) electrons. The third kappa shape index (κ3) is 4.93. The SMILES string of the molecule is CCCCOc1cccc(/C(O)=C2\C(=O)C(=O)N(Cc3ccco3)C2c2ccc(OC)c(OC)c2)c1. The van der Waals surface area contributed by atoms with E-state index in [2.05, 4.69) is 6.92 Å². The second-order valence-electron chi connectivity index (χ2n) is 8.35. The molecule has 1 aliphatic heterocycles. The first-order chi connectivity index (χ1) is 17.5. The van der Waals surface area contributed by atoms with E-state index in [9.17, 15) is 14.7 Å². The maximum Gasteiger partial charge on any atom is 0.296 e. The number of carbonyl (C=O) groups is 2. The molecule has 0 saturated carbocycles. The van der Waals surface area contributed by atoms with Gasteiger partial charge >= 0.3 is 0 Å². The molecule has 1 aliphatic rings. The summed E-state index contributed by atoms with van der Waals surface area (Å²) < 4.78 is 22.0. The number of furan rings is 1. The summed E-state index contributed by atoms with van der Waals surface area (Å²) in [6, 6.07) is 14.6. The van der Waals surface area contributed by atoms with E-state index < -0.39 is 17.7 Å². The number of aliphatic hydroxyl groups is 1. The number of hydrogen-bond acceptors (Lipinski definition) is 7. The number of likely N-dealkylation sites (tertiary alicyclic amines) is 1. The molecule has 4 rings (SSSR count). The van der Waals surface area contributed by atoms with Crippen LogP contribution in [0, 0.1) is 0 Å². The summed E-state index contributed by atoms with van der Waals surface area (Å²) in [4.78, 5) is 27.9. The van der Waals surface area contributed by atoms with Gasteiger partial charge in [0.05, 0.1) is 45.2 Å². The third-order valence-electron chi connectivity index (χ3n) is 6.04. The van der Waals surface area contributed by atoms with Crippen molar-refractivity contribution >= 4 is 17.4 Å². The molecule has 1 aromatic heterocycles. The van der Waals surface area contributed by atoms with Crippen molar-refractivity contribution in [2.75, 3.05) is 20.8 Å². The van der Waals surface area contributed by atoms with Gasteiger partial charge in [0.25, 0.3) is 11.7 Å². The highest BCUT2D eigenvalue weighted by molar-refractivity contribution is 6.46. The molecule has 2 aromatic carbocycles. The summed E-state index contributed by atoms with van der Waals surface area (Å²) >= 11 is 0. The molecular formula is C28H29NO7. The molecule has 8 nitrogen and oxygen atoms in total. The van der Waals surface area contributed by atoms with Gasteiger partial charge in [0.2, 0.25) is 0 Å². The molecule has 36 heavy (non-hydrogen) atoms. The lowest BCUT2D eigenvalue weighted by Gasteiger charge is -2.25. The van der Waals surface area contributed by atoms with E-state index in [1.165, 1.54) is 25.4 Å². The van der Waals surface area contributed by atoms with Crippen LogP contribution in [-0.2, 0) is 16.1 Å². The molecule has 1 saturated heterocycles. The van der Waals surface area contributed by atoms with Crippen molar-refractivity contribution in [2.24, 2.45) is 0 Å². The van der Waals surface area contributed by atoms with Crippen LogP contribution in [0.15, 0.2) is 70.9 Å². The lowest BCUT2D eigenvalue weighted by molar-refractivity contribution is -0.140. The summed E-state index contributed by atoms with van der Waals surface area (Å²) in [6.45, 7) is 2.66. The van der Waals surface area contributed by atoms with Crippen molar-refractivity contribution in [3.63, 3.8) is 0 Å². The van der Waals surface area contributed by atoms with Crippen molar-refractivity contribution < 1.29 is 33.3 Å². The van der Waals surface area contributed by atoms with Crippen molar-refractivity contribution in [1.29, 1.82) is 0 Å². The molecule has 0 spiro atoms. The Labute approximate surface area is 209 Å². The number of aliphatic hydroxyl groups excluding tert-OH is 1. The fourth-order valence-electron chi connectivity index (χ4n) is 4.21. The summed E-state index contributed by atoms with van der Waals surface area (Å²) in [5.74, 6) is 0.218. The van der Waals surface area contributed by atoms with Gasteiger partial charge in [-0.2, -0.15) is 0 Å². The molecule has 1 atom stereocenters. The number of amides is 1. The van der Waals surface area contributed by atoms with Gasteiger partial charge in [0.15, 0.2) is 11.5 Å². The number of unbranched alkanes of at least 4 members (excludes halogenated alkanes) is 1. The van der Waals surface area contributed by atoms with Gasteiger partial charge in [-0.05, 0) is 48.4 Å². The minimum absolute atomic E-state index is 0.0236. The summed E-state index contributed by atoms with van der Waals surface area (Å²) in [5.41, 5.74) is 0.935. The van der Waals surface area contributed by atoms with Crippen molar-refractivity contribution in [1.82, 2.24) is 4.90 Å². The number of ether oxygens (including phenoxy) is 3. The molecule has 1 unspecified atom stereocenters. The number of nitrogens with zero attached hydrogens (tertiary/aromatic N) is 1. The molecular weight excluding hydrogens is 462 g/mol. The number of hydrogen-bond donors (Lipinski definition) is 1. The normalized spacial score (nSPS) is 16.9. The van der Waals surface area contributed by atoms with E-state index in [0.29, 0.717) is 40.7 Å². The second kappa shape index (κ2) is 11.0. The van der Waals surface area contributed by atoms with Gasteiger partial charge in [0.1, 0.15) is 17.3 Å². The van der Waals surface area contributed by atoms with E-state index in [-0.39, 0.29) is 17.9 Å². The van der Waals surface area contributed by atoms with Crippen LogP contribution < -0.4 is 14.2 Å². The highest BCUT2D eigenvalue weighted by Crippen LogP contribution is 2.42. The highest BCUT2D eigenvalue weighted by Gasteiger charge is 2.46. The van der Waals surface area contributed by atoms with Gasteiger partial charge in [-0.3, -0.25) is 9.59 Å². The fourth-order valence-corrected chi connectivity index (χ4v) is 4.21. The Balaban J connectivity index is 1.82. The number of methoxy groups -OCH3 is 2. The van der Waals surface area contributed by atoms with Crippen LogP contribution in [0.1, 0.15) is 42.7 Å². The fraction of sp³-hybridized carbons (Fsp3) is 0.286. The van der Waals surface area contributed by atoms with Crippen LogP contribution in [0.2, 0.25) is 0 Å². The number of rotatable bonds is 10. The zero-order valence-electron chi connectivity index (χ0n) is 20.5. The molecule has 1 fully saturated rings. The third-order valence-corrected chi connectivity index (χ3v) is 6.04.